The van der Waals surface area contributed by atoms with Gasteiger partial charge in [-0.2, -0.15) is 0 Å². The summed E-state index contributed by atoms with van der Waals surface area (Å²) >= 11 is 0. The van der Waals surface area contributed by atoms with Crippen LogP contribution in [0, 0.1) is 0 Å². The monoisotopic (exact) mass is 540 g/mol. The van der Waals surface area contributed by atoms with Gasteiger partial charge in [0, 0.05) is 39.2 Å². The zero-order valence-corrected chi connectivity index (χ0v) is 22.6. The highest BCUT2D eigenvalue weighted by Gasteiger charge is 2.01. The van der Waals surface area contributed by atoms with Crippen molar-refractivity contribution in [2.24, 2.45) is 11.5 Å². The zero-order chi connectivity index (χ0) is 26.9. The van der Waals surface area contributed by atoms with E-state index < -0.39 is 0 Å². The van der Waals surface area contributed by atoms with Crippen LogP contribution >= 0.6 is 0 Å². The summed E-state index contributed by atoms with van der Waals surface area (Å²) < 4.78 is 43.0. The number of nitrogens with one attached hydrogen (secondary N) is 2. The van der Waals surface area contributed by atoms with Crippen molar-refractivity contribution >= 4 is 5.91 Å². The van der Waals surface area contributed by atoms with Crippen LogP contribution in [-0.4, -0.2) is 144 Å². The third-order valence-electron chi connectivity index (χ3n) is 4.49. The highest BCUT2D eigenvalue weighted by Crippen LogP contribution is 1.87. The van der Waals surface area contributed by atoms with Crippen LogP contribution in [0.1, 0.15) is 12.8 Å². The molecule has 0 spiro atoms. The zero-order valence-electron chi connectivity index (χ0n) is 22.6. The first-order valence-corrected chi connectivity index (χ1v) is 13.3. The van der Waals surface area contributed by atoms with Crippen molar-refractivity contribution in [2.45, 2.75) is 12.8 Å². The van der Waals surface area contributed by atoms with Gasteiger partial charge in [0.25, 0.3) is 0 Å². The Kier molecular flexibility index (Phi) is 32.2. The number of amides is 1. The molecule has 6 N–H and O–H groups in total. The predicted molar refractivity (Wildman–Crippen MR) is 140 cm³/mol. The Morgan fingerprint density at radius 3 is 1.38 bits per heavy atom. The minimum atomic E-state index is -0.0680. The van der Waals surface area contributed by atoms with E-state index >= 15 is 0 Å². The van der Waals surface area contributed by atoms with Crippen molar-refractivity contribution in [1.82, 2.24) is 10.6 Å². The predicted octanol–water partition coefficient (Wildman–Crippen LogP) is -1.48. The van der Waals surface area contributed by atoms with Crippen molar-refractivity contribution in [3.63, 3.8) is 0 Å². The molecule has 0 saturated heterocycles. The summed E-state index contributed by atoms with van der Waals surface area (Å²) in [4.78, 5) is 11.7. The molecule has 0 aromatic carbocycles. The number of hydrogen-bond donors (Lipinski definition) is 4. The van der Waals surface area contributed by atoms with Crippen LogP contribution in [0.25, 0.3) is 0 Å². The molecule has 0 aromatic heterocycles. The quantitative estimate of drug-likeness (QED) is 0.0732. The van der Waals surface area contributed by atoms with Crippen molar-refractivity contribution in [3.05, 3.63) is 0 Å². The second kappa shape index (κ2) is 33.1. The maximum atomic E-state index is 11.7. The molecule has 0 aliphatic heterocycles. The molecule has 0 heterocycles. The maximum absolute atomic E-state index is 11.7. The number of hydrogen-bond acceptors (Lipinski definition) is 12. The Bertz CT molecular complexity index is 454. The molecule has 0 unspecified atom stereocenters. The van der Waals surface area contributed by atoms with Gasteiger partial charge < -0.3 is 60.0 Å². The Balaban J connectivity index is 3.10. The molecule has 0 atom stereocenters. The SMILES string of the molecule is NCCOCCOCCNCCCOCCOCCOCCOCCC(=O)NCCOCCOCCN. The molecule has 37 heavy (non-hydrogen) atoms. The standard InChI is InChI=1S/C24H52N4O9/c25-3-10-32-16-18-34-12-6-27-5-1-8-30-14-20-36-22-23-37-21-15-31-9-2-24(29)28-7-13-35-19-17-33-11-4-26/h27H,1-23,25-26H2,(H,28,29). The van der Waals surface area contributed by atoms with E-state index in [1.165, 1.54) is 0 Å². The molecule has 0 radical (unpaired) electrons. The molecule has 13 nitrogen and oxygen atoms in total. The van der Waals surface area contributed by atoms with Gasteiger partial charge in [0.1, 0.15) is 0 Å². The number of nitrogens with two attached hydrogens (primary N) is 2. The largest absolute Gasteiger partial charge is 0.379 e. The van der Waals surface area contributed by atoms with Gasteiger partial charge in [-0.25, -0.2) is 0 Å². The van der Waals surface area contributed by atoms with E-state index in [1.807, 2.05) is 0 Å². The second-order valence-electron chi connectivity index (χ2n) is 7.68. The van der Waals surface area contributed by atoms with E-state index in [1.54, 1.807) is 0 Å². The third kappa shape index (κ3) is 33.0. The summed E-state index contributed by atoms with van der Waals surface area (Å²) in [5.41, 5.74) is 10.6. The number of rotatable bonds is 32. The molecular weight excluding hydrogens is 488 g/mol. The molecule has 0 bridgehead atoms. The van der Waals surface area contributed by atoms with Gasteiger partial charge >= 0.3 is 0 Å². The lowest BCUT2D eigenvalue weighted by Gasteiger charge is -2.09. The molecule has 0 fully saturated rings. The fraction of sp³-hybridized carbons (Fsp3) is 0.958. The van der Waals surface area contributed by atoms with E-state index in [2.05, 4.69) is 10.6 Å². The van der Waals surface area contributed by atoms with Crippen LogP contribution in [0.3, 0.4) is 0 Å². The number of carbonyl (C=O) groups excluding carboxylic acids is 1. The summed E-state index contributed by atoms with van der Waals surface area (Å²) in [7, 11) is 0. The van der Waals surface area contributed by atoms with Gasteiger partial charge in [-0.3, -0.25) is 4.79 Å². The lowest BCUT2D eigenvalue weighted by Crippen LogP contribution is -2.28. The molecule has 13 heteroatoms. The minimum Gasteiger partial charge on any atom is -0.379 e. The third-order valence-corrected chi connectivity index (χ3v) is 4.49. The Hall–Kier alpha value is -0.970. The number of carbonyl (C=O) groups is 1. The average Bonchev–Trinajstić information content (AvgIpc) is 2.90. The molecule has 0 rings (SSSR count). The molecular formula is C24H52N4O9. The molecule has 222 valence electrons. The molecule has 0 saturated carbocycles. The smallest absolute Gasteiger partial charge is 0.222 e. The number of ether oxygens (including phenoxy) is 8. The first-order valence-electron chi connectivity index (χ1n) is 13.3. The summed E-state index contributed by atoms with van der Waals surface area (Å²) in [5.74, 6) is -0.0680. The van der Waals surface area contributed by atoms with Crippen LogP contribution in [-0.2, 0) is 42.7 Å². The molecule has 0 aliphatic carbocycles. The first-order chi connectivity index (χ1) is 18.3. The lowest BCUT2D eigenvalue weighted by atomic mass is 10.4. The highest BCUT2D eigenvalue weighted by molar-refractivity contribution is 5.75. The summed E-state index contributed by atoms with van der Waals surface area (Å²) in [6.07, 6.45) is 1.24. The van der Waals surface area contributed by atoms with Gasteiger partial charge in [-0.15, -0.1) is 0 Å². The van der Waals surface area contributed by atoms with E-state index in [-0.39, 0.29) is 5.91 Å². The summed E-state index contributed by atoms with van der Waals surface area (Å²) in [6.45, 7) is 11.6. The Morgan fingerprint density at radius 1 is 0.459 bits per heavy atom. The van der Waals surface area contributed by atoms with Crippen LogP contribution < -0.4 is 22.1 Å². The minimum absolute atomic E-state index is 0.0680. The van der Waals surface area contributed by atoms with E-state index in [9.17, 15) is 4.79 Å². The topological polar surface area (TPSA) is 167 Å². The summed E-state index contributed by atoms with van der Waals surface area (Å²) in [5, 5.41) is 6.07. The van der Waals surface area contributed by atoms with Gasteiger partial charge in [0.15, 0.2) is 0 Å². The van der Waals surface area contributed by atoms with Crippen molar-refractivity contribution < 1.29 is 42.7 Å². The van der Waals surface area contributed by atoms with Gasteiger partial charge in [-0.1, -0.05) is 0 Å². The van der Waals surface area contributed by atoms with Crippen molar-refractivity contribution in [2.75, 3.05) is 138 Å². The second-order valence-corrected chi connectivity index (χ2v) is 7.68. The summed E-state index contributed by atoms with van der Waals surface area (Å²) in [6, 6.07) is 0. The average molecular weight is 541 g/mol. The van der Waals surface area contributed by atoms with Crippen LogP contribution in [0.4, 0.5) is 0 Å². The van der Waals surface area contributed by atoms with Gasteiger partial charge in [-0.05, 0) is 13.0 Å². The van der Waals surface area contributed by atoms with E-state index in [4.69, 9.17) is 49.4 Å². The van der Waals surface area contributed by atoms with Crippen LogP contribution in [0.15, 0.2) is 0 Å². The fourth-order valence-corrected chi connectivity index (χ4v) is 2.66. The Labute approximate surface area is 222 Å². The van der Waals surface area contributed by atoms with Gasteiger partial charge in [0.05, 0.1) is 99.1 Å². The lowest BCUT2D eigenvalue weighted by molar-refractivity contribution is -0.122. The Morgan fingerprint density at radius 2 is 0.865 bits per heavy atom. The van der Waals surface area contributed by atoms with Crippen LogP contribution in [0.2, 0.25) is 0 Å². The molecule has 0 aromatic rings. The van der Waals surface area contributed by atoms with Crippen LogP contribution in [0.5, 0.6) is 0 Å². The fourth-order valence-electron chi connectivity index (χ4n) is 2.66. The first kappa shape index (κ1) is 36.0. The van der Waals surface area contributed by atoms with E-state index in [0.717, 1.165) is 19.5 Å². The molecule has 0 aliphatic rings. The van der Waals surface area contributed by atoms with Crippen molar-refractivity contribution in [1.29, 1.82) is 0 Å². The molecule has 1 amide bonds. The highest BCUT2D eigenvalue weighted by atomic mass is 16.6. The van der Waals surface area contributed by atoms with Gasteiger partial charge in [0.2, 0.25) is 5.91 Å². The van der Waals surface area contributed by atoms with Crippen molar-refractivity contribution in [3.8, 4) is 0 Å². The maximum Gasteiger partial charge on any atom is 0.222 e. The van der Waals surface area contributed by atoms with E-state index in [0.29, 0.717) is 132 Å². The normalized spacial score (nSPS) is 11.3.